The normalized spacial score (nSPS) is 11.7. The first-order valence-corrected chi connectivity index (χ1v) is 15.1. The zero-order valence-corrected chi connectivity index (χ0v) is 25.2. The Morgan fingerprint density at radius 1 is 0.733 bits per heavy atom. The Balaban J connectivity index is 1.37. The molecule has 1 atom stereocenters. The predicted octanol–water partition coefficient (Wildman–Crippen LogP) is 8.02. The van der Waals surface area contributed by atoms with Gasteiger partial charge in [0.15, 0.2) is 0 Å². The minimum Gasteiger partial charge on any atom is -0.325 e. The first kappa shape index (κ1) is 31.0. The van der Waals surface area contributed by atoms with Crippen molar-refractivity contribution in [1.82, 2.24) is 5.32 Å². The summed E-state index contributed by atoms with van der Waals surface area (Å²) in [5, 5.41) is 8.01. The van der Waals surface area contributed by atoms with E-state index in [-0.39, 0.29) is 11.6 Å². The molecule has 0 radical (unpaired) electrons. The first-order valence-electron chi connectivity index (χ1n) is 14.2. The average Bonchev–Trinajstić information content (AvgIpc) is 3.06. The number of benzene rings is 5. The molecule has 0 spiro atoms. The van der Waals surface area contributed by atoms with Gasteiger partial charge < -0.3 is 16.0 Å². The van der Waals surface area contributed by atoms with E-state index in [1.807, 2.05) is 67.6 Å². The van der Waals surface area contributed by atoms with Crippen molar-refractivity contribution < 1.29 is 18.8 Å². The molecule has 0 saturated carbocycles. The van der Waals surface area contributed by atoms with Crippen LogP contribution in [0.5, 0.6) is 0 Å². The van der Waals surface area contributed by atoms with Gasteiger partial charge in [0.1, 0.15) is 16.8 Å². The number of aryl methyl sites for hydroxylation is 1. The van der Waals surface area contributed by atoms with Gasteiger partial charge in [-0.05, 0) is 78.2 Å². The van der Waals surface area contributed by atoms with Crippen LogP contribution >= 0.6 is 11.8 Å². The lowest BCUT2D eigenvalue weighted by Gasteiger charge is -2.18. The van der Waals surface area contributed by atoms with Gasteiger partial charge >= 0.3 is 0 Å². The topological polar surface area (TPSA) is 87.3 Å². The van der Waals surface area contributed by atoms with Gasteiger partial charge in [-0.25, -0.2) is 4.39 Å². The molecule has 1 unspecified atom stereocenters. The minimum atomic E-state index is -0.573. The highest BCUT2D eigenvalue weighted by Crippen LogP contribution is 2.37. The summed E-state index contributed by atoms with van der Waals surface area (Å²) >= 11 is 1.35. The van der Waals surface area contributed by atoms with Gasteiger partial charge in [-0.3, -0.25) is 14.4 Å². The summed E-state index contributed by atoms with van der Waals surface area (Å²) in [7, 11) is 0. The SMILES string of the molecule is Cc1ccccc1NC(=O)C(Sc1cccc(NC(=O)/C(=C/c2ccc(F)cc2)NC(=O)c2ccccc2)c1)c1ccccc1. The van der Waals surface area contributed by atoms with Crippen molar-refractivity contribution in [2.75, 3.05) is 10.6 Å². The Morgan fingerprint density at radius 3 is 2.11 bits per heavy atom. The van der Waals surface area contributed by atoms with Gasteiger partial charge in [-0.15, -0.1) is 11.8 Å². The van der Waals surface area contributed by atoms with Crippen LogP contribution in [0.1, 0.15) is 32.3 Å². The fourth-order valence-corrected chi connectivity index (χ4v) is 5.55. The Hall–Kier alpha value is -5.47. The number of thioether (sulfide) groups is 1. The van der Waals surface area contributed by atoms with Crippen LogP contribution in [0.2, 0.25) is 0 Å². The summed E-state index contributed by atoms with van der Waals surface area (Å²) < 4.78 is 13.5. The van der Waals surface area contributed by atoms with Gasteiger partial charge in [0.25, 0.3) is 11.8 Å². The summed E-state index contributed by atoms with van der Waals surface area (Å²) in [4.78, 5) is 40.8. The number of halogens is 1. The monoisotopic (exact) mass is 615 g/mol. The molecule has 0 aromatic heterocycles. The number of anilines is 2. The van der Waals surface area contributed by atoms with Crippen LogP contribution in [0.25, 0.3) is 6.08 Å². The van der Waals surface area contributed by atoms with E-state index in [1.165, 1.54) is 42.1 Å². The van der Waals surface area contributed by atoms with E-state index in [0.29, 0.717) is 16.8 Å². The molecule has 5 aromatic carbocycles. The average molecular weight is 616 g/mol. The molecule has 0 aliphatic heterocycles. The maximum absolute atomic E-state index is 13.6. The Morgan fingerprint density at radius 2 is 1.40 bits per heavy atom. The third-order valence-electron chi connectivity index (χ3n) is 6.80. The lowest BCUT2D eigenvalue weighted by atomic mass is 10.1. The van der Waals surface area contributed by atoms with Gasteiger partial charge in [0.05, 0.1) is 0 Å². The van der Waals surface area contributed by atoms with Crippen molar-refractivity contribution in [1.29, 1.82) is 0 Å². The van der Waals surface area contributed by atoms with Crippen molar-refractivity contribution in [2.24, 2.45) is 0 Å². The molecule has 0 fully saturated rings. The summed E-state index contributed by atoms with van der Waals surface area (Å²) in [6.07, 6.45) is 1.48. The Bertz CT molecular complexity index is 1830. The quantitative estimate of drug-likeness (QED) is 0.110. The predicted molar refractivity (Wildman–Crippen MR) is 178 cm³/mol. The van der Waals surface area contributed by atoms with Crippen LogP contribution in [-0.4, -0.2) is 17.7 Å². The van der Waals surface area contributed by atoms with E-state index in [2.05, 4.69) is 16.0 Å². The van der Waals surface area contributed by atoms with E-state index in [4.69, 9.17) is 0 Å². The molecule has 3 N–H and O–H groups in total. The van der Waals surface area contributed by atoms with Crippen molar-refractivity contribution in [3.8, 4) is 0 Å². The number of nitrogens with one attached hydrogen (secondary N) is 3. The molecule has 3 amide bonds. The molecular weight excluding hydrogens is 585 g/mol. The molecule has 45 heavy (non-hydrogen) atoms. The molecule has 0 aliphatic rings. The van der Waals surface area contributed by atoms with Gasteiger partial charge in [0, 0.05) is 21.8 Å². The highest BCUT2D eigenvalue weighted by Gasteiger charge is 2.23. The second kappa shape index (κ2) is 14.8. The molecular formula is C37H30FN3O3S. The number of hydrogen-bond donors (Lipinski definition) is 3. The first-order chi connectivity index (χ1) is 21.9. The van der Waals surface area contributed by atoms with Gasteiger partial charge in [-0.1, -0.05) is 84.9 Å². The van der Waals surface area contributed by atoms with E-state index in [0.717, 1.165) is 21.7 Å². The third-order valence-corrected chi connectivity index (χ3v) is 8.05. The van der Waals surface area contributed by atoms with E-state index in [1.54, 1.807) is 48.5 Å². The zero-order chi connectivity index (χ0) is 31.6. The third kappa shape index (κ3) is 8.55. The summed E-state index contributed by atoms with van der Waals surface area (Å²) in [5.41, 5.74) is 3.88. The molecule has 0 heterocycles. The van der Waals surface area contributed by atoms with Crippen LogP contribution in [0.3, 0.4) is 0 Å². The summed E-state index contributed by atoms with van der Waals surface area (Å²) in [6, 6.07) is 38.3. The van der Waals surface area contributed by atoms with Crippen molar-refractivity contribution in [3.05, 3.63) is 167 Å². The highest BCUT2D eigenvalue weighted by molar-refractivity contribution is 8.00. The molecule has 0 aliphatic carbocycles. The number of carbonyl (C=O) groups excluding carboxylic acids is 3. The molecule has 6 nitrogen and oxygen atoms in total. The number of hydrogen-bond acceptors (Lipinski definition) is 4. The molecule has 8 heteroatoms. The van der Waals surface area contributed by atoms with Crippen molar-refractivity contribution >= 4 is 46.9 Å². The molecule has 5 aromatic rings. The Kier molecular flexibility index (Phi) is 10.2. The highest BCUT2D eigenvalue weighted by atomic mass is 32.2. The summed E-state index contributed by atoms with van der Waals surface area (Å²) in [5.74, 6) is -1.62. The van der Waals surface area contributed by atoms with Crippen LogP contribution in [-0.2, 0) is 9.59 Å². The van der Waals surface area contributed by atoms with Crippen molar-refractivity contribution in [3.63, 3.8) is 0 Å². The van der Waals surface area contributed by atoms with E-state index in [9.17, 15) is 18.8 Å². The van der Waals surface area contributed by atoms with Crippen LogP contribution in [0.15, 0.2) is 144 Å². The lowest BCUT2D eigenvalue weighted by molar-refractivity contribution is -0.116. The van der Waals surface area contributed by atoms with Crippen LogP contribution in [0, 0.1) is 12.7 Å². The minimum absolute atomic E-state index is 0.0201. The van der Waals surface area contributed by atoms with Crippen molar-refractivity contribution in [2.45, 2.75) is 17.1 Å². The van der Waals surface area contributed by atoms with Crippen LogP contribution < -0.4 is 16.0 Å². The second-order valence-corrected chi connectivity index (χ2v) is 11.3. The number of rotatable bonds is 10. The van der Waals surface area contributed by atoms with Gasteiger partial charge in [-0.2, -0.15) is 0 Å². The standard InChI is InChI=1S/C37H30FN3O3S/c1-25-11-8-9-18-32(25)40-37(44)34(27-12-4-2-5-13-27)45-31-17-10-16-30(24-31)39-36(43)33(23-26-19-21-29(38)22-20-26)41-35(42)28-14-6-3-7-15-28/h2-24,34H,1H3,(H,39,43)(H,40,44)(H,41,42)/b33-23-. The zero-order valence-electron chi connectivity index (χ0n) is 24.4. The molecule has 0 bridgehead atoms. The molecule has 224 valence electrons. The summed E-state index contributed by atoms with van der Waals surface area (Å²) in [6.45, 7) is 1.94. The largest absolute Gasteiger partial charge is 0.325 e. The maximum atomic E-state index is 13.6. The van der Waals surface area contributed by atoms with E-state index >= 15 is 0 Å². The number of amides is 3. The maximum Gasteiger partial charge on any atom is 0.272 e. The number of para-hydroxylation sites is 1. The Labute approximate surface area is 265 Å². The number of carbonyl (C=O) groups is 3. The lowest BCUT2D eigenvalue weighted by Crippen LogP contribution is -2.30. The fraction of sp³-hybridized carbons (Fsp3) is 0.0541. The fourth-order valence-electron chi connectivity index (χ4n) is 4.46. The second-order valence-electron chi connectivity index (χ2n) is 10.1. The van der Waals surface area contributed by atoms with Crippen LogP contribution in [0.4, 0.5) is 15.8 Å². The van der Waals surface area contributed by atoms with Gasteiger partial charge in [0.2, 0.25) is 5.91 Å². The van der Waals surface area contributed by atoms with E-state index < -0.39 is 22.9 Å². The molecule has 5 rings (SSSR count). The smallest absolute Gasteiger partial charge is 0.272 e. The molecule has 0 saturated heterocycles.